The SMILES string of the molecule is Cc1ccc(CC(=O)N2CCN(CC(=O)Nc3cc(C)nn3-c3ccc(C)cc3)CC2)cc1. The number of nitrogens with one attached hydrogen (secondary N) is 1. The first kappa shape index (κ1) is 22.7. The maximum Gasteiger partial charge on any atom is 0.239 e. The van der Waals surface area contributed by atoms with Gasteiger partial charge in [-0.25, -0.2) is 4.68 Å². The number of carbonyl (C=O) groups excluding carboxylic acids is 2. The molecule has 0 unspecified atom stereocenters. The first-order chi connectivity index (χ1) is 15.9. The molecule has 0 atom stereocenters. The fourth-order valence-corrected chi connectivity index (χ4v) is 4.00. The number of benzene rings is 2. The number of nitrogens with zero attached hydrogens (tertiary/aromatic N) is 4. The predicted octanol–water partition coefficient (Wildman–Crippen LogP) is 3.12. The van der Waals surface area contributed by atoms with Crippen molar-refractivity contribution < 1.29 is 9.59 Å². The van der Waals surface area contributed by atoms with E-state index in [-0.39, 0.29) is 18.4 Å². The number of anilines is 1. The van der Waals surface area contributed by atoms with Crippen LogP contribution in [-0.4, -0.2) is 64.1 Å². The molecule has 1 fully saturated rings. The summed E-state index contributed by atoms with van der Waals surface area (Å²) < 4.78 is 1.76. The highest BCUT2D eigenvalue weighted by Gasteiger charge is 2.23. The van der Waals surface area contributed by atoms with Crippen molar-refractivity contribution in [2.24, 2.45) is 0 Å². The van der Waals surface area contributed by atoms with E-state index >= 15 is 0 Å². The molecule has 2 aromatic carbocycles. The van der Waals surface area contributed by atoms with Gasteiger partial charge in [-0.3, -0.25) is 14.5 Å². The van der Waals surface area contributed by atoms with Crippen molar-refractivity contribution in [1.82, 2.24) is 19.6 Å². The Hall–Kier alpha value is -3.45. The predicted molar refractivity (Wildman–Crippen MR) is 130 cm³/mol. The van der Waals surface area contributed by atoms with E-state index in [0.717, 1.165) is 16.9 Å². The zero-order chi connectivity index (χ0) is 23.4. The second-order valence-electron chi connectivity index (χ2n) is 8.79. The first-order valence-corrected chi connectivity index (χ1v) is 11.4. The third-order valence-corrected chi connectivity index (χ3v) is 5.95. The van der Waals surface area contributed by atoms with Crippen LogP contribution >= 0.6 is 0 Å². The van der Waals surface area contributed by atoms with E-state index in [4.69, 9.17) is 0 Å². The minimum absolute atomic E-state index is 0.0808. The lowest BCUT2D eigenvalue weighted by Crippen LogP contribution is -2.50. The van der Waals surface area contributed by atoms with Gasteiger partial charge in [0.05, 0.1) is 24.3 Å². The Bertz CT molecular complexity index is 1110. The molecule has 2 amide bonds. The van der Waals surface area contributed by atoms with Crippen LogP contribution in [0.5, 0.6) is 0 Å². The Morgan fingerprint density at radius 3 is 2.12 bits per heavy atom. The quantitative estimate of drug-likeness (QED) is 0.633. The molecule has 3 aromatic rings. The number of aromatic nitrogens is 2. The van der Waals surface area contributed by atoms with Gasteiger partial charge < -0.3 is 10.2 Å². The molecule has 172 valence electrons. The first-order valence-electron chi connectivity index (χ1n) is 11.4. The molecule has 7 heteroatoms. The number of hydrogen-bond acceptors (Lipinski definition) is 4. The van der Waals surface area contributed by atoms with Crippen LogP contribution in [0.2, 0.25) is 0 Å². The molecule has 0 spiro atoms. The summed E-state index contributed by atoms with van der Waals surface area (Å²) in [6, 6.07) is 18.0. The summed E-state index contributed by atoms with van der Waals surface area (Å²) >= 11 is 0. The lowest BCUT2D eigenvalue weighted by molar-refractivity contribution is -0.132. The topological polar surface area (TPSA) is 70.5 Å². The third kappa shape index (κ3) is 5.87. The normalized spacial score (nSPS) is 14.3. The maximum absolute atomic E-state index is 12.7. The van der Waals surface area contributed by atoms with Crippen molar-refractivity contribution in [2.45, 2.75) is 27.2 Å². The number of carbonyl (C=O) groups is 2. The van der Waals surface area contributed by atoms with E-state index in [2.05, 4.69) is 15.3 Å². The Balaban J connectivity index is 1.29. The Morgan fingerprint density at radius 1 is 0.879 bits per heavy atom. The Kier molecular flexibility index (Phi) is 6.89. The Morgan fingerprint density at radius 2 is 1.48 bits per heavy atom. The highest BCUT2D eigenvalue weighted by Crippen LogP contribution is 2.18. The molecule has 2 heterocycles. The molecule has 0 bridgehead atoms. The summed E-state index contributed by atoms with van der Waals surface area (Å²) in [5.74, 6) is 0.719. The molecule has 0 radical (unpaired) electrons. The van der Waals surface area contributed by atoms with E-state index in [1.165, 1.54) is 11.1 Å². The van der Waals surface area contributed by atoms with Gasteiger partial charge >= 0.3 is 0 Å². The van der Waals surface area contributed by atoms with Gasteiger partial charge in [-0.15, -0.1) is 0 Å². The van der Waals surface area contributed by atoms with Crippen molar-refractivity contribution in [3.8, 4) is 5.69 Å². The van der Waals surface area contributed by atoms with E-state index < -0.39 is 0 Å². The third-order valence-electron chi connectivity index (χ3n) is 5.95. The Labute approximate surface area is 195 Å². The van der Waals surface area contributed by atoms with Crippen LogP contribution in [-0.2, 0) is 16.0 Å². The summed E-state index contributed by atoms with van der Waals surface area (Å²) in [4.78, 5) is 29.4. The van der Waals surface area contributed by atoms with E-state index in [0.29, 0.717) is 38.4 Å². The van der Waals surface area contributed by atoms with Crippen LogP contribution < -0.4 is 5.32 Å². The molecule has 7 nitrogen and oxygen atoms in total. The largest absolute Gasteiger partial charge is 0.340 e. The molecule has 0 aliphatic carbocycles. The van der Waals surface area contributed by atoms with Crippen molar-refractivity contribution in [3.63, 3.8) is 0 Å². The molecule has 1 N–H and O–H groups in total. The molecule has 1 aliphatic rings. The van der Waals surface area contributed by atoms with Gasteiger partial charge in [-0.1, -0.05) is 47.5 Å². The smallest absolute Gasteiger partial charge is 0.239 e. The number of amides is 2. The fourth-order valence-electron chi connectivity index (χ4n) is 4.00. The monoisotopic (exact) mass is 445 g/mol. The van der Waals surface area contributed by atoms with Gasteiger partial charge in [0.15, 0.2) is 0 Å². The molecule has 33 heavy (non-hydrogen) atoms. The lowest BCUT2D eigenvalue weighted by Gasteiger charge is -2.34. The van der Waals surface area contributed by atoms with Gasteiger partial charge in [-0.05, 0) is 38.5 Å². The van der Waals surface area contributed by atoms with Crippen LogP contribution in [0, 0.1) is 20.8 Å². The van der Waals surface area contributed by atoms with Crippen molar-refractivity contribution in [1.29, 1.82) is 0 Å². The van der Waals surface area contributed by atoms with Crippen molar-refractivity contribution in [3.05, 3.63) is 77.0 Å². The zero-order valence-electron chi connectivity index (χ0n) is 19.5. The summed E-state index contributed by atoms with van der Waals surface area (Å²) in [6.45, 7) is 8.92. The van der Waals surface area contributed by atoms with Crippen molar-refractivity contribution in [2.75, 3.05) is 38.0 Å². The minimum atomic E-state index is -0.0808. The van der Waals surface area contributed by atoms with E-state index in [1.54, 1.807) is 4.68 Å². The van der Waals surface area contributed by atoms with Gasteiger partial charge in [-0.2, -0.15) is 5.10 Å². The highest BCUT2D eigenvalue weighted by atomic mass is 16.2. The standard InChI is InChI=1S/C26H31N5O2/c1-19-4-8-22(9-5-19)17-26(33)30-14-12-29(13-15-30)18-25(32)27-24-16-21(3)28-31(24)23-10-6-20(2)7-11-23/h4-11,16H,12-15,17-18H2,1-3H3,(H,27,32). The van der Waals surface area contributed by atoms with Gasteiger partial charge in [0.2, 0.25) is 11.8 Å². The van der Waals surface area contributed by atoms with E-state index in [9.17, 15) is 9.59 Å². The average Bonchev–Trinajstić information content (AvgIpc) is 3.16. The summed E-state index contributed by atoms with van der Waals surface area (Å²) in [6.07, 6.45) is 0.420. The number of hydrogen-bond donors (Lipinski definition) is 1. The number of aryl methyl sites for hydroxylation is 3. The fraction of sp³-hybridized carbons (Fsp3) is 0.346. The molecular weight excluding hydrogens is 414 g/mol. The molecule has 1 aliphatic heterocycles. The van der Waals surface area contributed by atoms with Gasteiger partial charge in [0, 0.05) is 32.2 Å². The van der Waals surface area contributed by atoms with E-state index in [1.807, 2.05) is 80.3 Å². The summed E-state index contributed by atoms with van der Waals surface area (Å²) in [5, 5.41) is 7.53. The molecular formula is C26H31N5O2. The van der Waals surface area contributed by atoms with Crippen molar-refractivity contribution >= 4 is 17.6 Å². The van der Waals surface area contributed by atoms with Crippen LogP contribution in [0.15, 0.2) is 54.6 Å². The molecule has 1 aromatic heterocycles. The zero-order valence-corrected chi connectivity index (χ0v) is 19.5. The van der Waals surface area contributed by atoms with Crippen LogP contribution in [0.3, 0.4) is 0 Å². The molecule has 4 rings (SSSR count). The van der Waals surface area contributed by atoms with Gasteiger partial charge in [0.25, 0.3) is 0 Å². The number of piperazine rings is 1. The van der Waals surface area contributed by atoms with Crippen LogP contribution in [0.4, 0.5) is 5.82 Å². The summed E-state index contributed by atoms with van der Waals surface area (Å²) in [5.41, 5.74) is 5.14. The van der Waals surface area contributed by atoms with Crippen LogP contribution in [0.25, 0.3) is 5.69 Å². The van der Waals surface area contributed by atoms with Crippen LogP contribution in [0.1, 0.15) is 22.4 Å². The van der Waals surface area contributed by atoms with Gasteiger partial charge in [0.1, 0.15) is 5.82 Å². The minimum Gasteiger partial charge on any atom is -0.340 e. The summed E-state index contributed by atoms with van der Waals surface area (Å²) in [7, 11) is 0. The second kappa shape index (κ2) is 10.0. The second-order valence-corrected chi connectivity index (χ2v) is 8.79. The molecule has 0 saturated carbocycles. The average molecular weight is 446 g/mol. The molecule has 1 saturated heterocycles. The number of rotatable bonds is 6. The highest BCUT2D eigenvalue weighted by molar-refractivity contribution is 5.91. The lowest BCUT2D eigenvalue weighted by atomic mass is 10.1. The maximum atomic E-state index is 12.7.